The van der Waals surface area contributed by atoms with Crippen LogP contribution in [0.3, 0.4) is 0 Å². The molecule has 1 aliphatic heterocycles. The zero-order valence-corrected chi connectivity index (χ0v) is 14.3. The first-order valence-corrected chi connectivity index (χ1v) is 7.98. The van der Waals surface area contributed by atoms with Gasteiger partial charge in [-0.25, -0.2) is 0 Å². The van der Waals surface area contributed by atoms with E-state index in [0.29, 0.717) is 19.3 Å². The Morgan fingerprint density at radius 3 is 2.65 bits per heavy atom. The van der Waals surface area contributed by atoms with Crippen LogP contribution in [0.1, 0.15) is 39.7 Å². The number of hydrogen-bond acceptors (Lipinski definition) is 3. The van der Waals surface area contributed by atoms with Crippen LogP contribution in [0.2, 0.25) is 0 Å². The Morgan fingerprint density at radius 1 is 1.25 bits per heavy atom. The maximum absolute atomic E-state index is 5.76. The monoisotopic (exact) mass is 341 g/mol. The lowest BCUT2D eigenvalue weighted by Crippen LogP contribution is -2.37. The minimum atomic E-state index is 0.253. The summed E-state index contributed by atoms with van der Waals surface area (Å²) in [5.74, 6) is 1.67. The highest BCUT2D eigenvalue weighted by molar-refractivity contribution is 9.10. The Bertz CT molecular complexity index is 468. The maximum Gasteiger partial charge on any atom is 0.175 e. The number of benzene rings is 1. The topological polar surface area (TPSA) is 30.5 Å². The molecule has 112 valence electrons. The summed E-state index contributed by atoms with van der Waals surface area (Å²) in [6.45, 7) is 11.2. The molecule has 1 N–H and O–H groups in total. The lowest BCUT2D eigenvalue weighted by Gasteiger charge is -2.28. The predicted octanol–water partition coefficient (Wildman–Crippen LogP) is 4.13. The van der Waals surface area contributed by atoms with Gasteiger partial charge in [-0.2, -0.15) is 0 Å². The van der Waals surface area contributed by atoms with Crippen molar-refractivity contribution in [3.8, 4) is 11.5 Å². The highest BCUT2D eigenvalue weighted by Crippen LogP contribution is 2.38. The number of nitrogens with one attached hydrogen (secondary N) is 1. The molecule has 1 atom stereocenters. The molecule has 0 aromatic heterocycles. The largest absolute Gasteiger partial charge is 0.490 e. The van der Waals surface area contributed by atoms with E-state index in [2.05, 4.69) is 61.1 Å². The first-order chi connectivity index (χ1) is 9.38. The normalized spacial score (nSPS) is 16.6. The molecule has 1 aliphatic rings. The van der Waals surface area contributed by atoms with E-state index >= 15 is 0 Å². The predicted molar refractivity (Wildman–Crippen MR) is 85.5 cm³/mol. The summed E-state index contributed by atoms with van der Waals surface area (Å²) in [5, 5.41) is 3.57. The van der Waals surface area contributed by atoms with Crippen molar-refractivity contribution in [3.05, 3.63) is 22.2 Å². The van der Waals surface area contributed by atoms with Crippen molar-refractivity contribution in [1.82, 2.24) is 5.32 Å². The zero-order chi connectivity index (χ0) is 14.8. The van der Waals surface area contributed by atoms with Crippen molar-refractivity contribution in [1.29, 1.82) is 0 Å². The molecule has 1 aromatic carbocycles. The maximum atomic E-state index is 5.76. The van der Waals surface area contributed by atoms with E-state index in [1.807, 2.05) is 0 Å². The van der Waals surface area contributed by atoms with Crippen LogP contribution < -0.4 is 14.8 Å². The van der Waals surface area contributed by atoms with Crippen LogP contribution in [0.15, 0.2) is 16.6 Å². The molecule has 1 heterocycles. The molecule has 2 rings (SSSR count). The molecule has 0 aliphatic carbocycles. The van der Waals surface area contributed by atoms with Gasteiger partial charge in [0.1, 0.15) is 0 Å². The quantitative estimate of drug-likeness (QED) is 0.896. The first-order valence-electron chi connectivity index (χ1n) is 7.19. The molecule has 0 fully saturated rings. The summed E-state index contributed by atoms with van der Waals surface area (Å²) in [6.07, 6.45) is 0.926. The molecule has 3 nitrogen and oxygen atoms in total. The summed E-state index contributed by atoms with van der Waals surface area (Å²) in [5.41, 5.74) is 1.46. The molecule has 4 heteroatoms. The van der Waals surface area contributed by atoms with E-state index in [0.717, 1.165) is 28.9 Å². The molecule has 0 amide bonds. The number of rotatable bonds is 3. The highest BCUT2D eigenvalue weighted by Gasteiger charge is 2.20. The minimum Gasteiger partial charge on any atom is -0.490 e. The van der Waals surface area contributed by atoms with Gasteiger partial charge < -0.3 is 14.8 Å². The smallest absolute Gasteiger partial charge is 0.175 e. The molecule has 1 unspecified atom stereocenters. The second-order valence-electron chi connectivity index (χ2n) is 6.42. The molecular weight excluding hydrogens is 318 g/mol. The molecule has 0 saturated carbocycles. The van der Waals surface area contributed by atoms with Gasteiger partial charge in [0.05, 0.1) is 17.7 Å². The molecule has 20 heavy (non-hydrogen) atoms. The summed E-state index contributed by atoms with van der Waals surface area (Å²) < 4.78 is 12.5. The molecule has 1 aromatic rings. The van der Waals surface area contributed by atoms with Gasteiger partial charge in [0.25, 0.3) is 0 Å². The third-order valence-corrected chi connectivity index (χ3v) is 4.36. The van der Waals surface area contributed by atoms with E-state index in [9.17, 15) is 0 Å². The van der Waals surface area contributed by atoms with Crippen molar-refractivity contribution >= 4 is 15.9 Å². The summed E-state index contributed by atoms with van der Waals surface area (Å²) in [4.78, 5) is 0. The van der Waals surface area contributed by atoms with Crippen LogP contribution >= 0.6 is 15.9 Å². The van der Waals surface area contributed by atoms with Gasteiger partial charge in [-0.1, -0.05) is 20.8 Å². The number of halogens is 1. The third-order valence-electron chi connectivity index (χ3n) is 3.77. The molecule has 0 bridgehead atoms. The van der Waals surface area contributed by atoms with Gasteiger partial charge in [-0.05, 0) is 46.0 Å². The van der Waals surface area contributed by atoms with E-state index in [1.54, 1.807) is 0 Å². The highest BCUT2D eigenvalue weighted by atomic mass is 79.9. The van der Waals surface area contributed by atoms with Gasteiger partial charge in [-0.15, -0.1) is 0 Å². The zero-order valence-electron chi connectivity index (χ0n) is 12.8. The fourth-order valence-electron chi connectivity index (χ4n) is 1.96. The average Bonchev–Trinajstić information content (AvgIpc) is 2.60. The summed E-state index contributed by atoms with van der Waals surface area (Å²) >= 11 is 3.58. The SMILES string of the molecule is CC(NCc1cc(Br)c2c(c1)OCCCO2)C(C)(C)C. The lowest BCUT2D eigenvalue weighted by molar-refractivity contribution is 0.285. The molecule has 0 spiro atoms. The van der Waals surface area contributed by atoms with Gasteiger partial charge in [0, 0.05) is 19.0 Å². The Morgan fingerprint density at radius 2 is 1.95 bits per heavy atom. The number of ether oxygens (including phenoxy) is 2. The van der Waals surface area contributed by atoms with E-state index in [4.69, 9.17) is 9.47 Å². The third kappa shape index (κ3) is 3.89. The van der Waals surface area contributed by atoms with Gasteiger partial charge in [0.2, 0.25) is 0 Å². The van der Waals surface area contributed by atoms with Crippen molar-refractivity contribution in [2.75, 3.05) is 13.2 Å². The van der Waals surface area contributed by atoms with Crippen LogP contribution in [0.5, 0.6) is 11.5 Å². The molecule has 0 saturated heterocycles. The lowest BCUT2D eigenvalue weighted by atomic mass is 9.88. The Labute approximate surface area is 130 Å². The number of fused-ring (bicyclic) bond motifs is 1. The Kier molecular flexibility index (Phi) is 4.97. The molecule has 0 radical (unpaired) electrons. The van der Waals surface area contributed by atoms with Crippen LogP contribution in [-0.2, 0) is 6.54 Å². The standard InChI is InChI=1S/C16H24BrNO2/c1-11(16(2,3)4)18-10-12-8-13(17)15-14(9-12)19-6-5-7-20-15/h8-9,11,18H,5-7,10H2,1-4H3. The fraction of sp³-hybridized carbons (Fsp3) is 0.625. The van der Waals surface area contributed by atoms with Crippen molar-refractivity contribution in [2.45, 2.75) is 46.7 Å². The van der Waals surface area contributed by atoms with Crippen LogP contribution in [0.25, 0.3) is 0 Å². The summed E-state index contributed by atoms with van der Waals surface area (Å²) in [7, 11) is 0. The number of hydrogen-bond donors (Lipinski definition) is 1. The van der Waals surface area contributed by atoms with Crippen LogP contribution in [0, 0.1) is 5.41 Å². The average molecular weight is 342 g/mol. The van der Waals surface area contributed by atoms with Crippen molar-refractivity contribution in [2.24, 2.45) is 5.41 Å². The van der Waals surface area contributed by atoms with Gasteiger partial charge in [0.15, 0.2) is 11.5 Å². The van der Waals surface area contributed by atoms with Crippen LogP contribution in [0.4, 0.5) is 0 Å². The van der Waals surface area contributed by atoms with Crippen molar-refractivity contribution < 1.29 is 9.47 Å². The minimum absolute atomic E-state index is 0.253. The van der Waals surface area contributed by atoms with E-state index in [1.165, 1.54) is 5.56 Å². The second-order valence-corrected chi connectivity index (χ2v) is 7.28. The summed E-state index contributed by atoms with van der Waals surface area (Å²) in [6, 6.07) is 4.63. The first kappa shape index (κ1) is 15.6. The van der Waals surface area contributed by atoms with Gasteiger partial charge >= 0.3 is 0 Å². The van der Waals surface area contributed by atoms with E-state index in [-0.39, 0.29) is 5.41 Å². The second kappa shape index (κ2) is 6.35. The fourth-order valence-corrected chi connectivity index (χ4v) is 2.57. The van der Waals surface area contributed by atoms with Crippen molar-refractivity contribution in [3.63, 3.8) is 0 Å². The Hall–Kier alpha value is -0.740. The van der Waals surface area contributed by atoms with Crippen LogP contribution in [-0.4, -0.2) is 19.3 Å². The van der Waals surface area contributed by atoms with Gasteiger partial charge in [-0.3, -0.25) is 0 Å². The Balaban J connectivity index is 2.10. The van der Waals surface area contributed by atoms with E-state index < -0.39 is 0 Å². The molecular formula is C16H24BrNO2.